The van der Waals surface area contributed by atoms with Crippen molar-refractivity contribution in [1.82, 2.24) is 0 Å². The Morgan fingerprint density at radius 2 is 0.554 bits per heavy atom. The standard InChI is InChI=1S/C73H142O17P2/c1-7-10-12-14-16-18-20-21-22-26-29-33-36-43-49-55-70(75)83-61-68(89-73(78)58-52-46-38-34-30-27-24-23-25-28-31-35-42-48-54-66(6)9-3)63-87-91(79,80)85-59-67(74)60-86-92(81,82)88-64-69(62-84-71(76)56-50-44-40-39-41-47-53-65(4)5)90-72(77)57-51-45-37-32-19-17-15-13-11-8-2/h65-69,74H,7-64H2,1-6H3,(H,79,80)(H,81,82)/t66?,67-,68-,69-/m1/s1. The predicted molar refractivity (Wildman–Crippen MR) is 372 cm³/mol. The molecular formula is C73H142O17P2. The maximum atomic E-state index is 13.1. The summed E-state index contributed by atoms with van der Waals surface area (Å²) in [4.78, 5) is 72.6. The van der Waals surface area contributed by atoms with Crippen molar-refractivity contribution in [3.8, 4) is 0 Å². The van der Waals surface area contributed by atoms with E-state index in [9.17, 15) is 43.2 Å². The fraction of sp³-hybridized carbons (Fsp3) is 0.945. The van der Waals surface area contributed by atoms with E-state index < -0.39 is 97.5 Å². The average Bonchev–Trinajstić information content (AvgIpc) is 2.72. The van der Waals surface area contributed by atoms with Gasteiger partial charge in [-0.3, -0.25) is 37.3 Å². The van der Waals surface area contributed by atoms with Gasteiger partial charge in [0, 0.05) is 25.7 Å². The summed E-state index contributed by atoms with van der Waals surface area (Å²) >= 11 is 0. The number of phosphoric ester groups is 2. The highest BCUT2D eigenvalue weighted by Gasteiger charge is 2.30. The van der Waals surface area contributed by atoms with Gasteiger partial charge in [0.2, 0.25) is 0 Å². The number of esters is 4. The second-order valence-corrected chi connectivity index (χ2v) is 30.0. The Hall–Kier alpha value is -1.94. The van der Waals surface area contributed by atoms with Crippen LogP contribution in [-0.2, 0) is 65.4 Å². The summed E-state index contributed by atoms with van der Waals surface area (Å²) in [6.07, 6.45) is 51.4. The van der Waals surface area contributed by atoms with E-state index >= 15 is 0 Å². The van der Waals surface area contributed by atoms with E-state index in [0.717, 1.165) is 102 Å². The molecule has 17 nitrogen and oxygen atoms in total. The molecule has 0 aromatic heterocycles. The number of rotatable bonds is 72. The molecule has 0 spiro atoms. The normalized spacial score (nSPS) is 14.4. The number of ether oxygens (including phenoxy) is 4. The quantitative estimate of drug-likeness (QED) is 0.0222. The molecule has 3 unspecified atom stereocenters. The first-order valence-corrected chi connectivity index (χ1v) is 41.0. The number of hydrogen-bond donors (Lipinski definition) is 3. The number of aliphatic hydroxyl groups excluding tert-OH is 1. The van der Waals surface area contributed by atoms with Gasteiger partial charge in [0.05, 0.1) is 26.4 Å². The van der Waals surface area contributed by atoms with Crippen LogP contribution in [0.5, 0.6) is 0 Å². The number of carbonyl (C=O) groups excluding carboxylic acids is 4. The van der Waals surface area contributed by atoms with Crippen molar-refractivity contribution in [2.24, 2.45) is 11.8 Å². The van der Waals surface area contributed by atoms with Crippen LogP contribution in [0.3, 0.4) is 0 Å². The Kier molecular flexibility index (Phi) is 63.7. The summed E-state index contributed by atoms with van der Waals surface area (Å²) in [7, 11) is -9.90. The molecule has 546 valence electrons. The van der Waals surface area contributed by atoms with E-state index in [2.05, 4.69) is 41.5 Å². The minimum Gasteiger partial charge on any atom is -0.462 e. The van der Waals surface area contributed by atoms with Crippen molar-refractivity contribution >= 4 is 39.5 Å². The van der Waals surface area contributed by atoms with E-state index in [4.69, 9.17) is 37.0 Å². The third kappa shape index (κ3) is 65.4. The Morgan fingerprint density at radius 3 is 0.826 bits per heavy atom. The van der Waals surface area contributed by atoms with Crippen molar-refractivity contribution < 1.29 is 80.2 Å². The van der Waals surface area contributed by atoms with Gasteiger partial charge >= 0.3 is 39.5 Å². The molecule has 92 heavy (non-hydrogen) atoms. The second-order valence-electron chi connectivity index (χ2n) is 27.1. The lowest BCUT2D eigenvalue weighted by atomic mass is 9.99. The Labute approximate surface area is 562 Å². The van der Waals surface area contributed by atoms with Gasteiger partial charge in [-0.1, -0.05) is 324 Å². The van der Waals surface area contributed by atoms with E-state index in [-0.39, 0.29) is 25.7 Å². The van der Waals surface area contributed by atoms with Gasteiger partial charge in [0.1, 0.15) is 19.3 Å². The molecule has 0 fully saturated rings. The Morgan fingerprint density at radius 1 is 0.315 bits per heavy atom. The Bertz CT molecular complexity index is 1790. The van der Waals surface area contributed by atoms with Gasteiger partial charge < -0.3 is 33.8 Å². The smallest absolute Gasteiger partial charge is 0.462 e. The highest BCUT2D eigenvalue weighted by Crippen LogP contribution is 2.45. The number of carbonyl (C=O) groups is 4. The minimum absolute atomic E-state index is 0.105. The zero-order chi connectivity index (χ0) is 67.9. The van der Waals surface area contributed by atoms with Gasteiger partial charge in [0.15, 0.2) is 12.2 Å². The SMILES string of the molecule is CCCCCCCCCCCCCCCCCC(=O)OC[C@H](COP(=O)(O)OC[C@@H](O)COP(=O)(O)OC[C@@H](COC(=O)CCCCCCCCC(C)C)OC(=O)CCCCCCCCCCCC)OC(=O)CCCCCCCCCCCCCCCCC(C)CC. The molecule has 0 aromatic carbocycles. The third-order valence-electron chi connectivity index (χ3n) is 17.3. The molecule has 0 aromatic rings. The largest absolute Gasteiger partial charge is 0.472 e. The van der Waals surface area contributed by atoms with E-state index in [1.54, 1.807) is 0 Å². The molecule has 0 aliphatic carbocycles. The molecular weight excluding hydrogens is 1210 g/mol. The van der Waals surface area contributed by atoms with Crippen LogP contribution in [-0.4, -0.2) is 96.7 Å². The molecule has 19 heteroatoms. The first kappa shape index (κ1) is 90.1. The van der Waals surface area contributed by atoms with Crippen LogP contribution in [0.25, 0.3) is 0 Å². The van der Waals surface area contributed by atoms with Crippen LogP contribution in [0, 0.1) is 11.8 Å². The number of phosphoric acid groups is 2. The second kappa shape index (κ2) is 65.0. The van der Waals surface area contributed by atoms with Crippen LogP contribution >= 0.6 is 15.6 Å². The zero-order valence-electron chi connectivity index (χ0n) is 59.9. The van der Waals surface area contributed by atoms with Crippen molar-refractivity contribution in [2.45, 2.75) is 394 Å². The van der Waals surface area contributed by atoms with Crippen molar-refractivity contribution in [3.05, 3.63) is 0 Å². The fourth-order valence-corrected chi connectivity index (χ4v) is 12.7. The summed E-state index contributed by atoms with van der Waals surface area (Å²) in [6.45, 7) is 9.54. The maximum absolute atomic E-state index is 13.1. The lowest BCUT2D eigenvalue weighted by molar-refractivity contribution is -0.161. The van der Waals surface area contributed by atoms with Gasteiger partial charge in [-0.25, -0.2) is 9.13 Å². The summed E-state index contributed by atoms with van der Waals surface area (Å²) in [6, 6.07) is 0. The van der Waals surface area contributed by atoms with E-state index in [1.807, 2.05) is 0 Å². The molecule has 0 rings (SSSR count). The van der Waals surface area contributed by atoms with Crippen LogP contribution in [0.2, 0.25) is 0 Å². The third-order valence-corrected chi connectivity index (χ3v) is 19.2. The van der Waals surface area contributed by atoms with Gasteiger partial charge in [-0.05, 0) is 37.5 Å². The van der Waals surface area contributed by atoms with Crippen LogP contribution in [0.1, 0.15) is 375 Å². The molecule has 0 saturated carbocycles. The topological polar surface area (TPSA) is 237 Å². The van der Waals surface area contributed by atoms with Crippen molar-refractivity contribution in [1.29, 1.82) is 0 Å². The zero-order valence-corrected chi connectivity index (χ0v) is 61.6. The Balaban J connectivity index is 5.22. The monoisotopic (exact) mass is 1350 g/mol. The van der Waals surface area contributed by atoms with E-state index in [1.165, 1.54) is 186 Å². The first-order valence-electron chi connectivity index (χ1n) is 38.0. The summed E-state index contributed by atoms with van der Waals surface area (Å²) in [5.74, 6) is -0.595. The van der Waals surface area contributed by atoms with Gasteiger partial charge in [-0.2, -0.15) is 0 Å². The molecule has 0 aliphatic heterocycles. The number of aliphatic hydroxyl groups is 1. The molecule has 6 atom stereocenters. The molecule has 0 heterocycles. The summed E-state index contributed by atoms with van der Waals surface area (Å²) in [5, 5.41) is 10.6. The number of unbranched alkanes of at least 4 members (excludes halogenated alkanes) is 41. The molecule has 0 bridgehead atoms. The van der Waals surface area contributed by atoms with Gasteiger partial charge in [0.25, 0.3) is 0 Å². The lowest BCUT2D eigenvalue weighted by Crippen LogP contribution is -2.30. The lowest BCUT2D eigenvalue weighted by Gasteiger charge is -2.21. The maximum Gasteiger partial charge on any atom is 0.472 e. The molecule has 0 amide bonds. The van der Waals surface area contributed by atoms with Crippen LogP contribution < -0.4 is 0 Å². The molecule has 3 N–H and O–H groups in total. The highest BCUT2D eigenvalue weighted by molar-refractivity contribution is 7.47. The molecule has 0 aliphatic rings. The summed E-state index contributed by atoms with van der Waals surface area (Å²) < 4.78 is 68.3. The molecule has 0 radical (unpaired) electrons. The molecule has 0 saturated heterocycles. The first-order chi connectivity index (χ1) is 44.4. The highest BCUT2D eigenvalue weighted by atomic mass is 31.2. The van der Waals surface area contributed by atoms with E-state index in [0.29, 0.717) is 31.6 Å². The summed E-state index contributed by atoms with van der Waals surface area (Å²) in [5.41, 5.74) is 0. The number of hydrogen-bond acceptors (Lipinski definition) is 15. The minimum atomic E-state index is -4.95. The van der Waals surface area contributed by atoms with Gasteiger partial charge in [-0.15, -0.1) is 0 Å². The fourth-order valence-electron chi connectivity index (χ4n) is 11.1. The van der Waals surface area contributed by atoms with Crippen molar-refractivity contribution in [3.63, 3.8) is 0 Å². The van der Waals surface area contributed by atoms with Crippen LogP contribution in [0.4, 0.5) is 0 Å². The van der Waals surface area contributed by atoms with Crippen LogP contribution in [0.15, 0.2) is 0 Å². The predicted octanol–water partition coefficient (Wildman–Crippen LogP) is 21.2. The van der Waals surface area contributed by atoms with Crippen molar-refractivity contribution in [2.75, 3.05) is 39.6 Å². The average molecular weight is 1350 g/mol.